The van der Waals surface area contributed by atoms with Gasteiger partial charge in [-0.15, -0.1) is 11.3 Å². The van der Waals surface area contributed by atoms with Gasteiger partial charge in [-0.25, -0.2) is 4.98 Å². The number of nitrogens with zero attached hydrogens (tertiary/aromatic N) is 3. The molecule has 19 heavy (non-hydrogen) atoms. The van der Waals surface area contributed by atoms with Crippen LogP contribution in [0.2, 0.25) is 0 Å². The van der Waals surface area contributed by atoms with E-state index in [-0.39, 0.29) is 0 Å². The van der Waals surface area contributed by atoms with Gasteiger partial charge in [-0.1, -0.05) is 5.16 Å². The predicted molar refractivity (Wildman–Crippen MR) is 75.5 cm³/mol. The zero-order valence-electron chi connectivity index (χ0n) is 10.6. The molecule has 3 aromatic rings. The van der Waals surface area contributed by atoms with Crippen LogP contribution < -0.4 is 10.6 Å². The van der Waals surface area contributed by atoms with Crippen LogP contribution in [-0.4, -0.2) is 22.2 Å². The average Bonchev–Trinajstić information content (AvgIpc) is 3.03. The van der Waals surface area contributed by atoms with Gasteiger partial charge in [-0.05, 0) is 13.0 Å². The Morgan fingerprint density at radius 3 is 3.00 bits per heavy atom. The van der Waals surface area contributed by atoms with Crippen molar-refractivity contribution < 1.29 is 4.52 Å². The minimum absolute atomic E-state index is 0.546. The topological polar surface area (TPSA) is 75.9 Å². The van der Waals surface area contributed by atoms with E-state index in [1.54, 1.807) is 17.5 Å². The van der Waals surface area contributed by atoms with E-state index in [0.717, 1.165) is 21.8 Å². The molecule has 0 atom stereocenters. The lowest BCUT2D eigenvalue weighted by molar-refractivity contribution is 0.388. The van der Waals surface area contributed by atoms with E-state index in [9.17, 15) is 0 Å². The third kappa shape index (κ3) is 2.37. The average molecular weight is 275 g/mol. The number of thiophene rings is 1. The second-order valence-electron chi connectivity index (χ2n) is 4.05. The SMILES string of the molecule is CNc1nc(NCc2ccno2)c2cc(C)sc2n1. The van der Waals surface area contributed by atoms with E-state index in [4.69, 9.17) is 4.52 Å². The van der Waals surface area contributed by atoms with Crippen LogP contribution in [0.3, 0.4) is 0 Å². The summed E-state index contributed by atoms with van der Waals surface area (Å²) in [6, 6.07) is 3.91. The summed E-state index contributed by atoms with van der Waals surface area (Å²) >= 11 is 1.65. The van der Waals surface area contributed by atoms with Crippen LogP contribution in [0.15, 0.2) is 22.9 Å². The summed E-state index contributed by atoms with van der Waals surface area (Å²) in [7, 11) is 1.81. The van der Waals surface area contributed by atoms with Gasteiger partial charge in [0.25, 0.3) is 0 Å². The van der Waals surface area contributed by atoms with Gasteiger partial charge in [0, 0.05) is 18.0 Å². The fraction of sp³-hybridized carbons (Fsp3) is 0.250. The standard InChI is InChI=1S/C12H13N5OS/c1-7-5-9-10(14-6-8-3-4-15-18-8)16-12(13-2)17-11(9)19-7/h3-5H,6H2,1-2H3,(H2,13,14,16,17). The molecule has 2 N–H and O–H groups in total. The maximum Gasteiger partial charge on any atom is 0.225 e. The Kier molecular flexibility index (Phi) is 3.04. The zero-order valence-corrected chi connectivity index (χ0v) is 11.4. The van der Waals surface area contributed by atoms with E-state index in [2.05, 4.69) is 38.7 Å². The minimum Gasteiger partial charge on any atom is -0.362 e. The first-order chi connectivity index (χ1) is 9.26. The third-order valence-corrected chi connectivity index (χ3v) is 3.61. The highest BCUT2D eigenvalue weighted by Crippen LogP contribution is 2.29. The second-order valence-corrected chi connectivity index (χ2v) is 5.29. The molecule has 0 unspecified atom stereocenters. The highest BCUT2D eigenvalue weighted by Gasteiger charge is 2.10. The lowest BCUT2D eigenvalue weighted by Gasteiger charge is -2.06. The van der Waals surface area contributed by atoms with Crippen LogP contribution in [0.5, 0.6) is 0 Å². The molecule has 98 valence electrons. The smallest absolute Gasteiger partial charge is 0.225 e. The number of hydrogen-bond acceptors (Lipinski definition) is 7. The largest absolute Gasteiger partial charge is 0.362 e. The van der Waals surface area contributed by atoms with Crippen molar-refractivity contribution in [3.63, 3.8) is 0 Å². The molecule has 6 nitrogen and oxygen atoms in total. The van der Waals surface area contributed by atoms with Crippen molar-refractivity contribution in [3.05, 3.63) is 29.0 Å². The van der Waals surface area contributed by atoms with Crippen molar-refractivity contribution in [3.8, 4) is 0 Å². The first-order valence-corrected chi connectivity index (χ1v) is 6.67. The molecule has 3 rings (SSSR count). The van der Waals surface area contributed by atoms with Gasteiger partial charge in [0.15, 0.2) is 5.76 Å². The van der Waals surface area contributed by atoms with E-state index in [1.807, 2.05) is 13.1 Å². The molecule has 3 heterocycles. The lowest BCUT2D eigenvalue weighted by Crippen LogP contribution is -2.04. The highest BCUT2D eigenvalue weighted by atomic mass is 32.1. The fourth-order valence-electron chi connectivity index (χ4n) is 1.79. The van der Waals surface area contributed by atoms with Crippen molar-refractivity contribution in [1.29, 1.82) is 0 Å². The first kappa shape index (κ1) is 11.9. The zero-order chi connectivity index (χ0) is 13.2. The summed E-state index contributed by atoms with van der Waals surface area (Å²) in [5, 5.41) is 10.9. The Labute approximate surface area is 113 Å². The highest BCUT2D eigenvalue weighted by molar-refractivity contribution is 7.18. The Hall–Kier alpha value is -2.15. The van der Waals surface area contributed by atoms with Crippen LogP contribution in [0.25, 0.3) is 10.2 Å². The maximum atomic E-state index is 5.06. The molecule has 0 saturated heterocycles. The van der Waals surface area contributed by atoms with Gasteiger partial charge in [-0.3, -0.25) is 0 Å². The van der Waals surface area contributed by atoms with Crippen molar-refractivity contribution in [1.82, 2.24) is 15.1 Å². The molecule has 0 fully saturated rings. The number of rotatable bonds is 4. The van der Waals surface area contributed by atoms with Crippen LogP contribution in [0.1, 0.15) is 10.6 Å². The van der Waals surface area contributed by atoms with Crippen LogP contribution in [-0.2, 0) is 6.54 Å². The Balaban J connectivity index is 1.96. The number of hydrogen-bond donors (Lipinski definition) is 2. The second kappa shape index (κ2) is 4.85. The molecule has 0 aliphatic heterocycles. The number of aromatic nitrogens is 3. The van der Waals surface area contributed by atoms with Gasteiger partial charge in [0.1, 0.15) is 10.6 Å². The molecule has 0 spiro atoms. The number of fused-ring (bicyclic) bond motifs is 1. The molecule has 0 amide bonds. The van der Waals surface area contributed by atoms with E-state index in [0.29, 0.717) is 12.5 Å². The Morgan fingerprint density at radius 1 is 1.37 bits per heavy atom. The van der Waals surface area contributed by atoms with Crippen molar-refractivity contribution >= 4 is 33.3 Å². The van der Waals surface area contributed by atoms with E-state index >= 15 is 0 Å². The van der Waals surface area contributed by atoms with Crippen molar-refractivity contribution in [2.75, 3.05) is 17.7 Å². The van der Waals surface area contributed by atoms with Crippen LogP contribution >= 0.6 is 11.3 Å². The van der Waals surface area contributed by atoms with Crippen LogP contribution in [0.4, 0.5) is 11.8 Å². The van der Waals surface area contributed by atoms with Gasteiger partial charge in [-0.2, -0.15) is 4.98 Å². The quantitative estimate of drug-likeness (QED) is 0.762. The number of anilines is 2. The molecule has 0 aliphatic carbocycles. The van der Waals surface area contributed by atoms with E-state index < -0.39 is 0 Å². The maximum absolute atomic E-state index is 5.06. The van der Waals surface area contributed by atoms with Crippen LogP contribution in [0, 0.1) is 6.92 Å². The Bertz CT molecular complexity index is 692. The van der Waals surface area contributed by atoms with Gasteiger partial charge < -0.3 is 15.2 Å². The fourth-order valence-corrected chi connectivity index (χ4v) is 2.67. The minimum atomic E-state index is 0.546. The molecule has 0 saturated carbocycles. The first-order valence-electron chi connectivity index (χ1n) is 5.85. The molecule has 0 aliphatic rings. The summed E-state index contributed by atoms with van der Waals surface area (Å²) in [5.74, 6) is 2.18. The van der Waals surface area contributed by atoms with Gasteiger partial charge >= 0.3 is 0 Å². The van der Waals surface area contributed by atoms with Crippen molar-refractivity contribution in [2.45, 2.75) is 13.5 Å². The predicted octanol–water partition coefficient (Wildman–Crippen LogP) is 2.64. The summed E-state index contributed by atoms with van der Waals surface area (Å²) < 4.78 is 5.06. The molecular weight excluding hydrogens is 262 g/mol. The summed E-state index contributed by atoms with van der Waals surface area (Å²) in [6.45, 7) is 2.61. The molecule has 0 aromatic carbocycles. The normalized spacial score (nSPS) is 10.8. The molecular formula is C12H13N5OS. The number of nitrogens with one attached hydrogen (secondary N) is 2. The third-order valence-electron chi connectivity index (χ3n) is 2.66. The Morgan fingerprint density at radius 2 is 2.26 bits per heavy atom. The number of aryl methyl sites for hydroxylation is 1. The summed E-state index contributed by atoms with van der Waals surface area (Å²) in [5.41, 5.74) is 0. The molecule has 0 radical (unpaired) electrons. The van der Waals surface area contributed by atoms with Crippen molar-refractivity contribution in [2.24, 2.45) is 0 Å². The molecule has 3 aromatic heterocycles. The van der Waals surface area contributed by atoms with Gasteiger partial charge in [0.2, 0.25) is 5.95 Å². The summed E-state index contributed by atoms with van der Waals surface area (Å²) in [4.78, 5) is 11.1. The summed E-state index contributed by atoms with van der Waals surface area (Å²) in [6.07, 6.45) is 1.63. The monoisotopic (exact) mass is 275 g/mol. The lowest BCUT2D eigenvalue weighted by atomic mass is 10.3. The molecule has 0 bridgehead atoms. The van der Waals surface area contributed by atoms with E-state index in [1.165, 1.54) is 4.88 Å². The molecule has 7 heteroatoms. The van der Waals surface area contributed by atoms with Gasteiger partial charge in [0.05, 0.1) is 18.1 Å².